The lowest BCUT2D eigenvalue weighted by Crippen LogP contribution is -2.40. The van der Waals surface area contributed by atoms with Crippen LogP contribution in [0.1, 0.15) is 23.2 Å². The lowest BCUT2D eigenvalue weighted by atomic mass is 9.89. The molecule has 0 aromatic heterocycles. The summed E-state index contributed by atoms with van der Waals surface area (Å²) < 4.78 is 9.90. The summed E-state index contributed by atoms with van der Waals surface area (Å²) in [5, 5.41) is 3.37. The lowest BCUT2D eigenvalue weighted by Gasteiger charge is -2.35. The molecule has 1 N–H and O–H groups in total. The minimum absolute atomic E-state index is 0.308. The molecule has 1 aromatic rings. The van der Waals surface area contributed by atoms with Gasteiger partial charge in [0.2, 0.25) is 0 Å². The maximum absolute atomic E-state index is 11.4. The van der Waals surface area contributed by atoms with E-state index in [1.807, 2.05) is 18.2 Å². The molecule has 0 saturated heterocycles. The molecular formula is C13H17NO3. The standard InChI is InChI=1S/C13H17NO3/c1-16-12-7-11(8-12)14-10-5-3-4-9(6-10)13(15)17-2/h3-6,11-12,14H,7-8H2,1-2H3. The third-order valence-corrected chi connectivity index (χ3v) is 3.08. The summed E-state index contributed by atoms with van der Waals surface area (Å²) in [4.78, 5) is 11.4. The molecule has 92 valence electrons. The third kappa shape index (κ3) is 2.77. The molecule has 0 atom stereocenters. The van der Waals surface area contributed by atoms with E-state index in [2.05, 4.69) is 10.1 Å². The number of nitrogens with one attached hydrogen (secondary N) is 1. The average molecular weight is 235 g/mol. The van der Waals surface area contributed by atoms with E-state index in [9.17, 15) is 4.79 Å². The van der Waals surface area contributed by atoms with Crippen molar-refractivity contribution in [2.45, 2.75) is 25.0 Å². The number of rotatable bonds is 4. The van der Waals surface area contributed by atoms with Gasteiger partial charge in [-0.1, -0.05) is 6.07 Å². The topological polar surface area (TPSA) is 47.6 Å². The molecule has 2 rings (SSSR count). The second kappa shape index (κ2) is 5.19. The molecule has 1 saturated carbocycles. The van der Waals surface area contributed by atoms with E-state index in [0.717, 1.165) is 18.5 Å². The summed E-state index contributed by atoms with van der Waals surface area (Å²) in [6, 6.07) is 7.79. The van der Waals surface area contributed by atoms with Gasteiger partial charge in [0.05, 0.1) is 18.8 Å². The number of carbonyl (C=O) groups is 1. The van der Waals surface area contributed by atoms with Crippen LogP contribution in [0.5, 0.6) is 0 Å². The van der Waals surface area contributed by atoms with Crippen LogP contribution in [0.2, 0.25) is 0 Å². The van der Waals surface area contributed by atoms with Crippen LogP contribution in [0.4, 0.5) is 5.69 Å². The molecule has 0 amide bonds. The zero-order valence-electron chi connectivity index (χ0n) is 10.1. The van der Waals surface area contributed by atoms with E-state index in [4.69, 9.17) is 4.74 Å². The monoisotopic (exact) mass is 235 g/mol. The maximum atomic E-state index is 11.4. The van der Waals surface area contributed by atoms with Gasteiger partial charge in [0.1, 0.15) is 0 Å². The second-order valence-electron chi connectivity index (χ2n) is 4.24. The van der Waals surface area contributed by atoms with E-state index in [1.54, 1.807) is 13.2 Å². The van der Waals surface area contributed by atoms with Gasteiger partial charge in [-0.15, -0.1) is 0 Å². The molecule has 1 fully saturated rings. The number of esters is 1. The van der Waals surface area contributed by atoms with Gasteiger partial charge >= 0.3 is 5.97 Å². The Bertz CT molecular complexity index is 399. The van der Waals surface area contributed by atoms with E-state index < -0.39 is 0 Å². The van der Waals surface area contributed by atoms with Crippen molar-refractivity contribution in [3.63, 3.8) is 0 Å². The number of hydrogen-bond donors (Lipinski definition) is 1. The van der Waals surface area contributed by atoms with E-state index in [0.29, 0.717) is 17.7 Å². The van der Waals surface area contributed by atoms with Gasteiger partial charge in [0.15, 0.2) is 0 Å². The van der Waals surface area contributed by atoms with Crippen LogP contribution in [0.25, 0.3) is 0 Å². The van der Waals surface area contributed by atoms with Gasteiger partial charge in [-0.3, -0.25) is 0 Å². The summed E-state index contributed by atoms with van der Waals surface area (Å²) in [5.74, 6) is -0.308. The number of ether oxygens (including phenoxy) is 2. The minimum Gasteiger partial charge on any atom is -0.465 e. The van der Waals surface area contributed by atoms with E-state index >= 15 is 0 Å². The molecule has 1 aromatic carbocycles. The Morgan fingerprint density at radius 2 is 2.12 bits per heavy atom. The van der Waals surface area contributed by atoms with E-state index in [-0.39, 0.29) is 5.97 Å². The summed E-state index contributed by atoms with van der Waals surface area (Å²) in [7, 11) is 3.12. The first-order valence-corrected chi connectivity index (χ1v) is 5.70. The first-order chi connectivity index (χ1) is 8.22. The van der Waals surface area contributed by atoms with Crippen LogP contribution in [0, 0.1) is 0 Å². The Balaban J connectivity index is 1.95. The second-order valence-corrected chi connectivity index (χ2v) is 4.24. The molecule has 0 heterocycles. The van der Waals surface area contributed by atoms with Crippen LogP contribution < -0.4 is 5.32 Å². The van der Waals surface area contributed by atoms with Gasteiger partial charge in [0, 0.05) is 18.8 Å². The number of anilines is 1. The number of benzene rings is 1. The smallest absolute Gasteiger partial charge is 0.337 e. The van der Waals surface area contributed by atoms with Crippen molar-refractivity contribution in [3.8, 4) is 0 Å². The van der Waals surface area contributed by atoms with Gasteiger partial charge in [-0.25, -0.2) is 4.79 Å². The van der Waals surface area contributed by atoms with Crippen molar-refractivity contribution in [1.82, 2.24) is 0 Å². The Morgan fingerprint density at radius 1 is 1.35 bits per heavy atom. The molecule has 0 spiro atoms. The highest BCUT2D eigenvalue weighted by Gasteiger charge is 2.28. The highest BCUT2D eigenvalue weighted by atomic mass is 16.5. The first-order valence-electron chi connectivity index (χ1n) is 5.70. The van der Waals surface area contributed by atoms with Gasteiger partial charge in [-0.2, -0.15) is 0 Å². The van der Waals surface area contributed by atoms with Crippen molar-refractivity contribution in [1.29, 1.82) is 0 Å². The van der Waals surface area contributed by atoms with Crippen molar-refractivity contribution in [3.05, 3.63) is 29.8 Å². The molecule has 1 aliphatic rings. The van der Waals surface area contributed by atoms with E-state index in [1.165, 1.54) is 7.11 Å². The van der Waals surface area contributed by atoms with Crippen molar-refractivity contribution >= 4 is 11.7 Å². The molecule has 4 heteroatoms. The molecule has 17 heavy (non-hydrogen) atoms. The fourth-order valence-electron chi connectivity index (χ4n) is 1.97. The normalized spacial score (nSPS) is 22.7. The highest BCUT2D eigenvalue weighted by Crippen LogP contribution is 2.26. The molecule has 0 radical (unpaired) electrons. The summed E-state index contributed by atoms with van der Waals surface area (Å²) in [5.41, 5.74) is 1.52. The van der Waals surface area contributed by atoms with Crippen LogP contribution in [0.15, 0.2) is 24.3 Å². The number of carbonyl (C=O) groups excluding carboxylic acids is 1. The Hall–Kier alpha value is -1.55. The van der Waals surface area contributed by atoms with Crippen molar-refractivity contribution in [2.24, 2.45) is 0 Å². The minimum atomic E-state index is -0.308. The molecule has 0 bridgehead atoms. The van der Waals surface area contributed by atoms with Crippen LogP contribution in [-0.4, -0.2) is 32.3 Å². The van der Waals surface area contributed by atoms with Crippen LogP contribution >= 0.6 is 0 Å². The lowest BCUT2D eigenvalue weighted by molar-refractivity contribution is 0.0328. The Kier molecular flexibility index (Phi) is 3.64. The summed E-state index contributed by atoms with van der Waals surface area (Å²) >= 11 is 0. The summed E-state index contributed by atoms with van der Waals surface area (Å²) in [6.07, 6.45) is 2.40. The predicted octanol–water partition coefficient (Wildman–Crippen LogP) is 2.06. The molecule has 4 nitrogen and oxygen atoms in total. The van der Waals surface area contributed by atoms with Gasteiger partial charge in [0.25, 0.3) is 0 Å². The zero-order chi connectivity index (χ0) is 12.3. The third-order valence-electron chi connectivity index (χ3n) is 3.08. The average Bonchev–Trinajstić information content (AvgIpc) is 2.32. The zero-order valence-corrected chi connectivity index (χ0v) is 10.1. The van der Waals surface area contributed by atoms with Crippen LogP contribution in [-0.2, 0) is 9.47 Å². The predicted molar refractivity (Wildman–Crippen MR) is 65.2 cm³/mol. The number of methoxy groups -OCH3 is 2. The Morgan fingerprint density at radius 3 is 2.76 bits per heavy atom. The quantitative estimate of drug-likeness (QED) is 0.811. The van der Waals surface area contributed by atoms with Crippen LogP contribution in [0.3, 0.4) is 0 Å². The maximum Gasteiger partial charge on any atom is 0.337 e. The molecule has 0 unspecified atom stereocenters. The van der Waals surface area contributed by atoms with Crippen molar-refractivity contribution in [2.75, 3.05) is 19.5 Å². The number of hydrogen-bond acceptors (Lipinski definition) is 4. The Labute approximate surface area is 101 Å². The molecular weight excluding hydrogens is 218 g/mol. The summed E-state index contributed by atoms with van der Waals surface area (Å²) in [6.45, 7) is 0. The fraction of sp³-hybridized carbons (Fsp3) is 0.462. The molecule has 1 aliphatic carbocycles. The highest BCUT2D eigenvalue weighted by molar-refractivity contribution is 5.90. The molecule has 0 aliphatic heterocycles. The van der Waals surface area contributed by atoms with Gasteiger partial charge in [-0.05, 0) is 31.0 Å². The first kappa shape index (κ1) is 11.9. The fourth-order valence-corrected chi connectivity index (χ4v) is 1.97. The van der Waals surface area contributed by atoms with Crippen molar-refractivity contribution < 1.29 is 14.3 Å². The largest absolute Gasteiger partial charge is 0.465 e. The SMILES string of the molecule is COC(=O)c1cccc(NC2CC(OC)C2)c1. The van der Waals surface area contributed by atoms with Gasteiger partial charge < -0.3 is 14.8 Å².